The first-order valence-electron chi connectivity index (χ1n) is 7.87. The minimum Gasteiger partial charge on any atom is -0.400 e. The molecule has 0 unspecified atom stereocenters. The van der Waals surface area contributed by atoms with E-state index in [2.05, 4.69) is 10.1 Å². The number of nitrogens with two attached hydrogens (primary N) is 1. The van der Waals surface area contributed by atoms with Gasteiger partial charge in [0.15, 0.2) is 0 Å². The first-order valence-corrected chi connectivity index (χ1v) is 8.69. The fraction of sp³-hybridized carbons (Fsp3) is 0.105. The predicted octanol–water partition coefficient (Wildman–Crippen LogP) is 3.23. The molecule has 132 valence electrons. The van der Waals surface area contributed by atoms with Crippen LogP contribution in [-0.2, 0) is 6.54 Å². The summed E-state index contributed by atoms with van der Waals surface area (Å²) in [6, 6.07) is 12.8. The molecule has 1 aromatic heterocycles. The highest BCUT2D eigenvalue weighted by molar-refractivity contribution is 7.99. The number of rotatable bonds is 5. The topological polar surface area (TPSA) is 73.3 Å². The minimum atomic E-state index is -0.570. The highest BCUT2D eigenvalue weighted by atomic mass is 32.2. The lowest BCUT2D eigenvalue weighted by atomic mass is 10.2. The molecule has 0 aliphatic heterocycles. The van der Waals surface area contributed by atoms with E-state index >= 15 is 0 Å². The average Bonchev–Trinajstić information content (AvgIpc) is 2.63. The maximum absolute atomic E-state index is 14.6. The molecule has 0 spiro atoms. The number of hydrogen-bond donors (Lipinski definition) is 1. The van der Waals surface area contributed by atoms with Gasteiger partial charge < -0.3 is 5.73 Å². The summed E-state index contributed by atoms with van der Waals surface area (Å²) in [6.07, 6.45) is 4.58. The molecule has 0 amide bonds. The van der Waals surface area contributed by atoms with E-state index in [1.165, 1.54) is 30.2 Å². The van der Waals surface area contributed by atoms with Gasteiger partial charge in [0, 0.05) is 34.1 Å². The second kappa shape index (κ2) is 7.97. The van der Waals surface area contributed by atoms with E-state index in [-0.39, 0.29) is 11.9 Å². The number of allylic oxidation sites excluding steroid dienone is 2. The van der Waals surface area contributed by atoms with Gasteiger partial charge in [0.05, 0.1) is 18.1 Å². The smallest absolute Gasteiger partial charge is 0.277 e. The van der Waals surface area contributed by atoms with Crippen LogP contribution >= 0.6 is 11.8 Å². The minimum absolute atomic E-state index is 0.00868. The summed E-state index contributed by atoms with van der Waals surface area (Å²) in [5.41, 5.74) is 5.72. The molecule has 0 aliphatic carbocycles. The van der Waals surface area contributed by atoms with Crippen LogP contribution in [0.4, 0.5) is 4.39 Å². The van der Waals surface area contributed by atoms with E-state index < -0.39 is 11.4 Å². The zero-order valence-corrected chi connectivity index (χ0v) is 14.9. The zero-order valence-electron chi connectivity index (χ0n) is 14.1. The number of halogens is 1. The molecule has 26 heavy (non-hydrogen) atoms. The van der Waals surface area contributed by atoms with Crippen molar-refractivity contribution in [3.63, 3.8) is 0 Å². The Balaban J connectivity index is 1.98. The molecule has 2 aromatic carbocycles. The van der Waals surface area contributed by atoms with Crippen LogP contribution < -0.4 is 11.3 Å². The maximum atomic E-state index is 14.6. The maximum Gasteiger partial charge on any atom is 0.277 e. The largest absolute Gasteiger partial charge is 0.400 e. The standard InChI is InChI=1S/C19H17FN4OS/c1-22-8-7-14(21)12-24-19(25)18-13(11-23-24)9-16(10-17(18)20)26-15-5-3-2-4-6-15/h2-11H,12,21H2,1H3. The number of nitrogens with zero attached hydrogens (tertiary/aromatic N) is 3. The van der Waals surface area contributed by atoms with Crippen molar-refractivity contribution in [1.82, 2.24) is 9.78 Å². The van der Waals surface area contributed by atoms with Crippen LogP contribution in [0.5, 0.6) is 0 Å². The highest BCUT2D eigenvalue weighted by Crippen LogP contribution is 2.30. The third-order valence-electron chi connectivity index (χ3n) is 3.63. The van der Waals surface area contributed by atoms with Gasteiger partial charge in [-0.1, -0.05) is 30.0 Å². The molecule has 0 radical (unpaired) electrons. The normalized spacial score (nSPS) is 12.2. The third-order valence-corrected chi connectivity index (χ3v) is 4.61. The summed E-state index contributed by atoms with van der Waals surface area (Å²) in [4.78, 5) is 18.1. The van der Waals surface area contributed by atoms with Crippen LogP contribution in [-0.4, -0.2) is 23.0 Å². The van der Waals surface area contributed by atoms with Gasteiger partial charge in [-0.25, -0.2) is 9.07 Å². The fourth-order valence-electron chi connectivity index (χ4n) is 2.43. The van der Waals surface area contributed by atoms with Gasteiger partial charge in [-0.15, -0.1) is 0 Å². The van der Waals surface area contributed by atoms with Gasteiger partial charge in [0.25, 0.3) is 5.56 Å². The van der Waals surface area contributed by atoms with Crippen molar-refractivity contribution < 1.29 is 4.39 Å². The molecule has 0 bridgehead atoms. The first-order chi connectivity index (χ1) is 12.6. The summed E-state index contributed by atoms with van der Waals surface area (Å²) in [5, 5.41) is 4.58. The Kier molecular flexibility index (Phi) is 5.48. The number of benzene rings is 2. The summed E-state index contributed by atoms with van der Waals surface area (Å²) >= 11 is 1.43. The van der Waals surface area contributed by atoms with Crippen LogP contribution in [0.2, 0.25) is 0 Å². The van der Waals surface area contributed by atoms with Gasteiger partial charge in [-0.3, -0.25) is 9.79 Å². The van der Waals surface area contributed by atoms with Crippen molar-refractivity contribution in [2.75, 3.05) is 7.05 Å². The molecule has 0 saturated carbocycles. The third kappa shape index (κ3) is 4.00. The number of fused-ring (bicyclic) bond motifs is 1. The van der Waals surface area contributed by atoms with E-state index in [9.17, 15) is 9.18 Å². The van der Waals surface area contributed by atoms with Crippen molar-refractivity contribution in [2.45, 2.75) is 16.3 Å². The molecule has 3 rings (SSSR count). The Labute approximate surface area is 154 Å². The molecular formula is C19H17FN4OS. The summed E-state index contributed by atoms with van der Waals surface area (Å²) in [5.74, 6) is -0.570. The van der Waals surface area contributed by atoms with Gasteiger partial charge in [0.1, 0.15) is 5.82 Å². The van der Waals surface area contributed by atoms with Gasteiger partial charge in [0.2, 0.25) is 0 Å². The number of hydrogen-bond acceptors (Lipinski definition) is 5. The monoisotopic (exact) mass is 368 g/mol. The Morgan fingerprint density at radius 3 is 2.81 bits per heavy atom. The van der Waals surface area contributed by atoms with Crippen molar-refractivity contribution in [3.8, 4) is 0 Å². The summed E-state index contributed by atoms with van der Waals surface area (Å²) in [6.45, 7) is 0.0702. The van der Waals surface area contributed by atoms with Gasteiger partial charge >= 0.3 is 0 Å². The Hall–Kier alpha value is -2.93. The predicted molar refractivity (Wildman–Crippen MR) is 103 cm³/mol. The van der Waals surface area contributed by atoms with Crippen molar-refractivity contribution in [1.29, 1.82) is 0 Å². The quantitative estimate of drug-likeness (QED) is 0.702. The van der Waals surface area contributed by atoms with E-state index in [1.54, 1.807) is 19.2 Å². The lowest BCUT2D eigenvalue weighted by molar-refractivity contribution is 0.613. The van der Waals surface area contributed by atoms with Crippen LogP contribution in [0.15, 0.2) is 80.0 Å². The van der Waals surface area contributed by atoms with E-state index in [0.29, 0.717) is 16.0 Å². The van der Waals surface area contributed by atoms with Crippen molar-refractivity contribution >= 4 is 28.7 Å². The van der Waals surface area contributed by atoms with Crippen molar-refractivity contribution in [2.24, 2.45) is 10.7 Å². The lowest BCUT2D eigenvalue weighted by Crippen LogP contribution is -2.26. The second-order valence-corrected chi connectivity index (χ2v) is 6.69. The molecule has 5 nitrogen and oxygen atoms in total. The number of aromatic nitrogens is 2. The number of aliphatic imine (C=N–C) groups is 1. The van der Waals surface area contributed by atoms with E-state index in [1.807, 2.05) is 30.3 Å². The van der Waals surface area contributed by atoms with Crippen LogP contribution in [0.3, 0.4) is 0 Å². The Bertz CT molecular complexity index is 1040. The van der Waals surface area contributed by atoms with Gasteiger partial charge in [-0.05, 0) is 30.3 Å². The van der Waals surface area contributed by atoms with Crippen LogP contribution in [0, 0.1) is 5.82 Å². The molecule has 0 aliphatic rings. The molecule has 2 N–H and O–H groups in total. The molecule has 3 aromatic rings. The lowest BCUT2D eigenvalue weighted by Gasteiger charge is -2.08. The zero-order chi connectivity index (χ0) is 18.5. The second-order valence-electron chi connectivity index (χ2n) is 5.54. The van der Waals surface area contributed by atoms with E-state index in [4.69, 9.17) is 5.73 Å². The van der Waals surface area contributed by atoms with Crippen LogP contribution in [0.1, 0.15) is 0 Å². The van der Waals surface area contributed by atoms with Crippen LogP contribution in [0.25, 0.3) is 10.8 Å². The molecule has 0 saturated heterocycles. The average molecular weight is 368 g/mol. The first kappa shape index (κ1) is 17.9. The molecular weight excluding hydrogens is 351 g/mol. The fourth-order valence-corrected chi connectivity index (χ4v) is 3.35. The van der Waals surface area contributed by atoms with Crippen molar-refractivity contribution in [3.05, 3.63) is 76.6 Å². The Morgan fingerprint density at radius 2 is 2.08 bits per heavy atom. The van der Waals surface area contributed by atoms with E-state index in [0.717, 1.165) is 9.58 Å². The molecule has 0 fully saturated rings. The molecule has 1 heterocycles. The Morgan fingerprint density at radius 1 is 1.31 bits per heavy atom. The molecule has 7 heteroatoms. The SMILES string of the molecule is CN=CC=C(N)Cn1ncc2cc(Sc3ccccc3)cc(F)c2c1=O. The summed E-state index contributed by atoms with van der Waals surface area (Å²) in [7, 11) is 1.62. The highest BCUT2D eigenvalue weighted by Gasteiger charge is 2.12. The van der Waals surface area contributed by atoms with Gasteiger partial charge in [-0.2, -0.15) is 5.10 Å². The molecule has 0 atom stereocenters. The summed E-state index contributed by atoms with van der Waals surface area (Å²) < 4.78 is 15.8.